The normalized spacial score (nSPS) is 53.6. The molecule has 3 fully saturated rings. The molecule has 0 radical (unpaired) electrons. The van der Waals surface area contributed by atoms with Crippen LogP contribution in [0.1, 0.15) is 79.1 Å². The van der Waals surface area contributed by atoms with Gasteiger partial charge in [-0.2, -0.15) is 0 Å². The number of hydrogen-bond donors (Lipinski definition) is 1. The number of rotatable bonds is 1. The van der Waals surface area contributed by atoms with Gasteiger partial charge in [0.05, 0.1) is 6.10 Å². The maximum absolute atomic E-state index is 10.1. The summed E-state index contributed by atoms with van der Waals surface area (Å²) in [6.07, 6.45) is 12.3. The summed E-state index contributed by atoms with van der Waals surface area (Å²) < 4.78 is 0. The van der Waals surface area contributed by atoms with Crippen molar-refractivity contribution in [1.29, 1.82) is 0 Å². The summed E-state index contributed by atoms with van der Waals surface area (Å²) in [5.74, 6) is 2.56. The van der Waals surface area contributed by atoms with Crippen molar-refractivity contribution in [2.24, 2.45) is 34.0 Å². The summed E-state index contributed by atoms with van der Waals surface area (Å²) in [7, 11) is 0. The third-order valence-corrected chi connectivity index (χ3v) is 9.63. The molecule has 7 atom stereocenters. The van der Waals surface area contributed by atoms with Crippen molar-refractivity contribution in [1.82, 2.24) is 0 Å². The molecule has 1 N–H and O–H groups in total. The fourth-order valence-corrected chi connectivity index (χ4v) is 7.61. The molecule has 0 aliphatic heterocycles. The van der Waals surface area contributed by atoms with E-state index in [0.717, 1.165) is 30.6 Å². The molecule has 24 heavy (non-hydrogen) atoms. The Morgan fingerprint density at radius 2 is 1.79 bits per heavy atom. The Kier molecular flexibility index (Phi) is 3.67. The van der Waals surface area contributed by atoms with Crippen LogP contribution in [-0.4, -0.2) is 11.2 Å². The number of hydrogen-bond acceptors (Lipinski definition) is 1. The molecule has 4 rings (SSSR count). The second kappa shape index (κ2) is 5.22. The first kappa shape index (κ1) is 16.9. The van der Waals surface area contributed by atoms with Gasteiger partial charge in [0.15, 0.2) is 0 Å². The number of aliphatic hydroxyl groups is 1. The molecule has 134 valence electrons. The van der Waals surface area contributed by atoms with E-state index >= 15 is 0 Å². The smallest absolute Gasteiger partial charge is 0.0577 e. The summed E-state index contributed by atoms with van der Waals surface area (Å²) in [5.41, 5.74) is 4.13. The first-order valence-corrected chi connectivity index (χ1v) is 10.3. The molecule has 4 aliphatic carbocycles. The minimum absolute atomic E-state index is 0.0899. The molecule has 4 aliphatic rings. The van der Waals surface area contributed by atoms with Crippen LogP contribution in [0.3, 0.4) is 0 Å². The van der Waals surface area contributed by atoms with Crippen molar-refractivity contribution in [3.63, 3.8) is 0 Å². The zero-order valence-electron chi connectivity index (χ0n) is 16.2. The van der Waals surface area contributed by atoms with Crippen molar-refractivity contribution in [3.8, 4) is 0 Å². The van der Waals surface area contributed by atoms with Gasteiger partial charge in [-0.15, -0.1) is 0 Å². The summed E-state index contributed by atoms with van der Waals surface area (Å²) in [6.45, 7) is 14.3. The minimum atomic E-state index is -0.0899. The van der Waals surface area contributed by atoms with Crippen LogP contribution >= 0.6 is 0 Å². The topological polar surface area (TPSA) is 20.2 Å². The van der Waals surface area contributed by atoms with Crippen LogP contribution in [0, 0.1) is 34.0 Å². The third-order valence-electron chi connectivity index (χ3n) is 9.63. The van der Waals surface area contributed by atoms with Crippen LogP contribution < -0.4 is 0 Å². The summed E-state index contributed by atoms with van der Waals surface area (Å²) >= 11 is 0. The lowest BCUT2D eigenvalue weighted by Gasteiger charge is -2.59. The molecule has 0 aromatic carbocycles. The van der Waals surface area contributed by atoms with Crippen LogP contribution in [0.25, 0.3) is 0 Å². The highest BCUT2D eigenvalue weighted by Gasteiger charge is 2.62. The maximum Gasteiger partial charge on any atom is 0.0577 e. The Labute approximate surface area is 148 Å². The lowest BCUT2D eigenvalue weighted by molar-refractivity contribution is -0.0634. The van der Waals surface area contributed by atoms with Crippen LogP contribution in [-0.2, 0) is 0 Å². The van der Waals surface area contributed by atoms with Gasteiger partial charge >= 0.3 is 0 Å². The van der Waals surface area contributed by atoms with E-state index in [4.69, 9.17) is 0 Å². The van der Waals surface area contributed by atoms with Gasteiger partial charge in [-0.3, -0.25) is 0 Å². The molecular weight excluding hydrogens is 292 g/mol. The van der Waals surface area contributed by atoms with E-state index in [-0.39, 0.29) is 6.10 Å². The van der Waals surface area contributed by atoms with Gasteiger partial charge in [-0.05, 0) is 92.3 Å². The molecule has 0 heterocycles. The highest BCUT2D eigenvalue weighted by atomic mass is 16.3. The molecule has 0 spiro atoms. The Hall–Kier alpha value is -0.560. The standard InChI is InChI=1S/C23H36O/c1-15(2)22(4)12-10-20-18-7-6-16-14-17(24)8-11-21(16,3)19(18)9-13-23(20,22)5/h6,17-20,24H,1,7-14H2,2-5H3/t17-,18?,19?,20?,21-,22+,23-/m0/s1. The molecule has 1 nitrogen and oxygen atoms in total. The second-order valence-corrected chi connectivity index (χ2v) is 10.3. The molecule has 0 aromatic rings. The van der Waals surface area contributed by atoms with E-state index in [2.05, 4.69) is 40.3 Å². The largest absolute Gasteiger partial charge is 0.393 e. The molecule has 3 saturated carbocycles. The number of aliphatic hydroxyl groups excluding tert-OH is 1. The van der Waals surface area contributed by atoms with Gasteiger partial charge in [0, 0.05) is 0 Å². The molecule has 3 unspecified atom stereocenters. The van der Waals surface area contributed by atoms with Gasteiger partial charge < -0.3 is 5.11 Å². The molecule has 0 bridgehead atoms. The van der Waals surface area contributed by atoms with Crippen molar-refractivity contribution in [2.45, 2.75) is 85.2 Å². The first-order chi connectivity index (χ1) is 11.2. The molecule has 1 heteroatoms. The van der Waals surface area contributed by atoms with E-state index in [1.54, 1.807) is 5.57 Å². The van der Waals surface area contributed by atoms with Crippen LogP contribution in [0.15, 0.2) is 23.8 Å². The first-order valence-electron chi connectivity index (χ1n) is 10.3. The zero-order chi connectivity index (χ0) is 17.3. The summed E-state index contributed by atoms with van der Waals surface area (Å²) in [4.78, 5) is 0. The van der Waals surface area contributed by atoms with Crippen LogP contribution in [0.5, 0.6) is 0 Å². The Morgan fingerprint density at radius 3 is 2.50 bits per heavy atom. The Balaban J connectivity index is 1.69. The van der Waals surface area contributed by atoms with Crippen molar-refractivity contribution in [3.05, 3.63) is 23.8 Å². The predicted molar refractivity (Wildman–Crippen MR) is 101 cm³/mol. The maximum atomic E-state index is 10.1. The van der Waals surface area contributed by atoms with Crippen LogP contribution in [0.4, 0.5) is 0 Å². The van der Waals surface area contributed by atoms with E-state index in [9.17, 15) is 5.11 Å². The van der Waals surface area contributed by atoms with Crippen LogP contribution in [0.2, 0.25) is 0 Å². The van der Waals surface area contributed by atoms with Gasteiger partial charge in [0.2, 0.25) is 0 Å². The molecule has 0 aromatic heterocycles. The molecular formula is C23H36O. The van der Waals surface area contributed by atoms with Gasteiger partial charge in [-0.1, -0.05) is 44.6 Å². The average Bonchev–Trinajstić information content (AvgIpc) is 2.81. The minimum Gasteiger partial charge on any atom is -0.393 e. The summed E-state index contributed by atoms with van der Waals surface area (Å²) in [5, 5.41) is 10.1. The lowest BCUT2D eigenvalue weighted by Crippen LogP contribution is -2.52. The molecule has 0 saturated heterocycles. The number of allylic oxidation sites excluding steroid dienone is 2. The molecule has 0 amide bonds. The highest BCUT2D eigenvalue weighted by molar-refractivity contribution is 5.27. The van der Waals surface area contributed by atoms with Crippen molar-refractivity contribution < 1.29 is 5.11 Å². The SMILES string of the molecule is C=C(C)[C@@]1(C)CCC2C3CC=C4C[C@@H](O)CC[C@]4(C)C3CC[C@@]21C. The van der Waals surface area contributed by atoms with E-state index in [0.29, 0.717) is 16.2 Å². The number of fused-ring (bicyclic) bond motifs is 5. The predicted octanol–water partition coefficient (Wildman–Crippen LogP) is 5.89. The third kappa shape index (κ3) is 1.97. The van der Waals surface area contributed by atoms with Gasteiger partial charge in [-0.25, -0.2) is 0 Å². The monoisotopic (exact) mass is 328 g/mol. The van der Waals surface area contributed by atoms with Gasteiger partial charge in [0.1, 0.15) is 0 Å². The van der Waals surface area contributed by atoms with E-state index in [1.165, 1.54) is 44.1 Å². The Bertz CT molecular complexity index is 589. The fraction of sp³-hybridized carbons (Fsp3) is 0.826. The Morgan fingerprint density at radius 1 is 1.08 bits per heavy atom. The highest BCUT2D eigenvalue weighted by Crippen LogP contribution is 2.70. The van der Waals surface area contributed by atoms with Gasteiger partial charge in [0.25, 0.3) is 0 Å². The quantitative estimate of drug-likeness (QED) is 0.595. The second-order valence-electron chi connectivity index (χ2n) is 10.3. The lowest BCUT2D eigenvalue weighted by atomic mass is 9.45. The van der Waals surface area contributed by atoms with Crippen molar-refractivity contribution >= 4 is 0 Å². The zero-order valence-corrected chi connectivity index (χ0v) is 16.2. The average molecular weight is 329 g/mol. The van der Waals surface area contributed by atoms with Crippen molar-refractivity contribution in [2.75, 3.05) is 0 Å². The fourth-order valence-electron chi connectivity index (χ4n) is 7.61. The van der Waals surface area contributed by atoms with E-state index < -0.39 is 0 Å². The van der Waals surface area contributed by atoms with E-state index in [1.807, 2.05) is 0 Å². The summed E-state index contributed by atoms with van der Waals surface area (Å²) in [6, 6.07) is 0.